The molecule has 1 aliphatic rings. The number of halogens is 3. The summed E-state index contributed by atoms with van der Waals surface area (Å²) in [5.41, 5.74) is 1.93. The second-order valence-corrected chi connectivity index (χ2v) is 4.73. The van der Waals surface area contributed by atoms with E-state index in [4.69, 9.17) is 5.11 Å². The molecule has 0 aliphatic carbocycles. The first-order valence-corrected chi connectivity index (χ1v) is 6.22. The number of anilines is 1. The predicted octanol–water partition coefficient (Wildman–Crippen LogP) is 1.63. The molecule has 20 heavy (non-hydrogen) atoms. The van der Waals surface area contributed by atoms with Gasteiger partial charge in [-0.05, 0) is 11.6 Å². The standard InChI is InChI=1S/C13H15F3N2O2/c14-13(15,16)11(19)7-18-12(20)5-8-6-17-10-4-2-1-3-9(8)10/h1-4,8,11,17,19H,5-7H2,(H,18,20). The Morgan fingerprint density at radius 1 is 1.45 bits per heavy atom. The van der Waals surface area contributed by atoms with Crippen LogP contribution in [0.5, 0.6) is 0 Å². The molecule has 110 valence electrons. The zero-order chi connectivity index (χ0) is 14.8. The fraction of sp³-hybridized carbons (Fsp3) is 0.462. The van der Waals surface area contributed by atoms with Crippen LogP contribution in [0.15, 0.2) is 24.3 Å². The third-order valence-corrected chi connectivity index (χ3v) is 3.24. The molecule has 1 amide bonds. The molecule has 1 aromatic carbocycles. The topological polar surface area (TPSA) is 61.4 Å². The molecule has 2 rings (SSSR count). The molecule has 0 saturated heterocycles. The molecule has 0 aromatic heterocycles. The third-order valence-electron chi connectivity index (χ3n) is 3.24. The van der Waals surface area contributed by atoms with Gasteiger partial charge in [-0.1, -0.05) is 18.2 Å². The number of nitrogens with one attached hydrogen (secondary N) is 2. The van der Waals surface area contributed by atoms with Gasteiger partial charge < -0.3 is 15.7 Å². The van der Waals surface area contributed by atoms with Gasteiger partial charge in [-0.25, -0.2) is 0 Å². The molecule has 3 N–H and O–H groups in total. The van der Waals surface area contributed by atoms with Crippen LogP contribution in [0.2, 0.25) is 0 Å². The second kappa shape index (κ2) is 5.70. The lowest BCUT2D eigenvalue weighted by molar-refractivity contribution is -0.201. The lowest BCUT2D eigenvalue weighted by Gasteiger charge is -2.16. The van der Waals surface area contributed by atoms with E-state index in [-0.39, 0.29) is 12.3 Å². The van der Waals surface area contributed by atoms with Crippen molar-refractivity contribution in [2.75, 3.05) is 18.4 Å². The average molecular weight is 288 g/mol. The SMILES string of the molecule is O=C(CC1CNc2ccccc21)NCC(O)C(F)(F)F. The van der Waals surface area contributed by atoms with Crippen LogP contribution >= 0.6 is 0 Å². The molecular weight excluding hydrogens is 273 g/mol. The Labute approximate surface area is 114 Å². The van der Waals surface area contributed by atoms with Gasteiger partial charge in [0.05, 0.1) is 6.54 Å². The largest absolute Gasteiger partial charge is 0.416 e. The molecule has 0 bridgehead atoms. The Kier molecular flexibility index (Phi) is 4.17. The summed E-state index contributed by atoms with van der Waals surface area (Å²) in [4.78, 5) is 11.6. The number of rotatable bonds is 4. The first-order valence-electron chi connectivity index (χ1n) is 6.22. The summed E-state index contributed by atoms with van der Waals surface area (Å²) in [6, 6.07) is 7.50. The van der Waals surface area contributed by atoms with Gasteiger partial charge in [-0.2, -0.15) is 13.2 Å². The maximum Gasteiger partial charge on any atom is 0.416 e. The number of para-hydroxylation sites is 1. The van der Waals surface area contributed by atoms with Crippen LogP contribution in [0.3, 0.4) is 0 Å². The van der Waals surface area contributed by atoms with Crippen molar-refractivity contribution in [3.8, 4) is 0 Å². The van der Waals surface area contributed by atoms with E-state index in [0.29, 0.717) is 6.54 Å². The van der Waals surface area contributed by atoms with Gasteiger partial charge in [-0.15, -0.1) is 0 Å². The molecule has 0 spiro atoms. The van der Waals surface area contributed by atoms with Gasteiger partial charge in [0, 0.05) is 24.6 Å². The smallest absolute Gasteiger partial charge is 0.384 e. The van der Waals surface area contributed by atoms with Crippen molar-refractivity contribution in [1.29, 1.82) is 0 Å². The zero-order valence-corrected chi connectivity index (χ0v) is 10.6. The number of hydrogen-bond donors (Lipinski definition) is 3. The molecule has 2 atom stereocenters. The van der Waals surface area contributed by atoms with E-state index in [9.17, 15) is 18.0 Å². The number of carbonyl (C=O) groups excluding carboxylic acids is 1. The maximum atomic E-state index is 12.1. The van der Waals surface area contributed by atoms with Crippen LogP contribution < -0.4 is 10.6 Å². The third kappa shape index (κ3) is 3.41. The van der Waals surface area contributed by atoms with E-state index >= 15 is 0 Å². The normalized spacial score (nSPS) is 19.1. The summed E-state index contributed by atoms with van der Waals surface area (Å²) in [5.74, 6) is -0.564. The number of fused-ring (bicyclic) bond motifs is 1. The summed E-state index contributed by atoms with van der Waals surface area (Å²) >= 11 is 0. The number of aliphatic hydroxyl groups excluding tert-OH is 1. The maximum absolute atomic E-state index is 12.1. The lowest BCUT2D eigenvalue weighted by Crippen LogP contribution is -2.41. The molecule has 2 unspecified atom stereocenters. The number of benzene rings is 1. The fourth-order valence-electron chi connectivity index (χ4n) is 2.16. The minimum absolute atomic E-state index is 0.0609. The molecule has 0 saturated carbocycles. The van der Waals surface area contributed by atoms with Crippen LogP contribution in [-0.4, -0.2) is 36.4 Å². The van der Waals surface area contributed by atoms with E-state index < -0.39 is 24.7 Å². The highest BCUT2D eigenvalue weighted by atomic mass is 19.4. The van der Waals surface area contributed by atoms with Gasteiger partial charge in [0.2, 0.25) is 5.91 Å². The molecule has 0 fully saturated rings. The number of carbonyl (C=O) groups is 1. The summed E-state index contributed by atoms with van der Waals surface area (Å²) in [6.07, 6.45) is -7.15. The van der Waals surface area contributed by atoms with E-state index in [1.54, 1.807) is 0 Å². The number of amides is 1. The van der Waals surface area contributed by atoms with Crippen molar-refractivity contribution in [2.24, 2.45) is 0 Å². The first kappa shape index (κ1) is 14.6. The van der Waals surface area contributed by atoms with Gasteiger partial charge in [-0.3, -0.25) is 4.79 Å². The van der Waals surface area contributed by atoms with Crippen LogP contribution in [0, 0.1) is 0 Å². The van der Waals surface area contributed by atoms with Crippen molar-refractivity contribution in [3.05, 3.63) is 29.8 Å². The molecule has 0 radical (unpaired) electrons. The molecule has 1 heterocycles. The lowest BCUT2D eigenvalue weighted by atomic mass is 9.97. The Balaban J connectivity index is 1.85. The molecule has 1 aromatic rings. The second-order valence-electron chi connectivity index (χ2n) is 4.73. The minimum Gasteiger partial charge on any atom is -0.384 e. The predicted molar refractivity (Wildman–Crippen MR) is 67.4 cm³/mol. The van der Waals surface area contributed by atoms with E-state index in [0.717, 1.165) is 11.3 Å². The quantitative estimate of drug-likeness (QED) is 0.789. The summed E-state index contributed by atoms with van der Waals surface area (Å²) in [6.45, 7) is -0.237. The van der Waals surface area contributed by atoms with Crippen molar-refractivity contribution in [3.63, 3.8) is 0 Å². The highest BCUT2D eigenvalue weighted by molar-refractivity contribution is 5.78. The Bertz CT molecular complexity index is 491. The van der Waals surface area contributed by atoms with Gasteiger partial charge in [0.25, 0.3) is 0 Å². The number of alkyl halides is 3. The molecule has 1 aliphatic heterocycles. The van der Waals surface area contributed by atoms with Crippen molar-refractivity contribution in [1.82, 2.24) is 5.32 Å². The number of aliphatic hydroxyl groups is 1. The van der Waals surface area contributed by atoms with Gasteiger partial charge in [0.15, 0.2) is 6.10 Å². The van der Waals surface area contributed by atoms with Crippen LogP contribution in [0.1, 0.15) is 17.9 Å². The van der Waals surface area contributed by atoms with E-state index in [1.807, 2.05) is 24.3 Å². The summed E-state index contributed by atoms with van der Waals surface area (Å²) in [7, 11) is 0. The zero-order valence-electron chi connectivity index (χ0n) is 10.6. The Morgan fingerprint density at radius 2 is 2.15 bits per heavy atom. The highest BCUT2D eigenvalue weighted by Gasteiger charge is 2.38. The highest BCUT2D eigenvalue weighted by Crippen LogP contribution is 2.33. The fourth-order valence-corrected chi connectivity index (χ4v) is 2.16. The summed E-state index contributed by atoms with van der Waals surface area (Å²) in [5, 5.41) is 14.0. The van der Waals surface area contributed by atoms with Gasteiger partial charge >= 0.3 is 6.18 Å². The Morgan fingerprint density at radius 3 is 2.85 bits per heavy atom. The Hall–Kier alpha value is -1.76. The monoisotopic (exact) mass is 288 g/mol. The average Bonchev–Trinajstić information content (AvgIpc) is 2.78. The van der Waals surface area contributed by atoms with Crippen LogP contribution in [-0.2, 0) is 4.79 Å². The van der Waals surface area contributed by atoms with Crippen molar-refractivity contribution < 1.29 is 23.1 Å². The van der Waals surface area contributed by atoms with Crippen LogP contribution in [0.4, 0.5) is 18.9 Å². The number of hydrogen-bond acceptors (Lipinski definition) is 3. The molecular formula is C13H15F3N2O2. The summed E-state index contributed by atoms with van der Waals surface area (Å²) < 4.78 is 36.3. The van der Waals surface area contributed by atoms with E-state index in [1.165, 1.54) is 0 Å². The minimum atomic E-state index is -4.71. The van der Waals surface area contributed by atoms with Crippen molar-refractivity contribution in [2.45, 2.75) is 24.6 Å². The van der Waals surface area contributed by atoms with E-state index in [2.05, 4.69) is 10.6 Å². The van der Waals surface area contributed by atoms with Crippen LogP contribution in [0.25, 0.3) is 0 Å². The van der Waals surface area contributed by atoms with Crippen molar-refractivity contribution >= 4 is 11.6 Å². The van der Waals surface area contributed by atoms with Gasteiger partial charge in [0.1, 0.15) is 0 Å². The first-order chi connectivity index (χ1) is 9.38. The molecule has 4 nitrogen and oxygen atoms in total. The molecule has 7 heteroatoms.